The number of nitrogens with one attached hydrogen (secondary N) is 3. The van der Waals surface area contributed by atoms with Crippen LogP contribution in [0.5, 0.6) is 5.75 Å². The van der Waals surface area contributed by atoms with E-state index >= 15 is 0 Å². The maximum absolute atomic E-state index is 12.0. The van der Waals surface area contributed by atoms with Gasteiger partial charge in [-0.05, 0) is 18.6 Å². The highest BCUT2D eigenvalue weighted by molar-refractivity contribution is 6.07. The molecule has 0 bridgehead atoms. The molecule has 0 aromatic heterocycles. The quantitative estimate of drug-likeness (QED) is 0.270. The van der Waals surface area contributed by atoms with Crippen LogP contribution in [0.15, 0.2) is 36.0 Å². The zero-order valence-corrected chi connectivity index (χ0v) is 12.3. The summed E-state index contributed by atoms with van der Waals surface area (Å²) in [6, 6.07) is 8.77. The Morgan fingerprint density at radius 1 is 1.32 bits per heavy atom. The first kappa shape index (κ1) is 17.0. The molecule has 116 valence electrons. The number of benzene rings is 1. The standard InChI is InChI=1S/C15H18N4O3/c1-22-14-6-3-2-5-13(14)19-15(21)12(9-16)10-17-7-4-8-18-11-20/h2-3,5-6,10-11,17H,4,7-8H2,1H3,(H,18,20)(H,19,21)/b12-10-. The molecule has 1 aromatic carbocycles. The predicted molar refractivity (Wildman–Crippen MR) is 82.0 cm³/mol. The van der Waals surface area contributed by atoms with Gasteiger partial charge in [-0.1, -0.05) is 12.1 Å². The maximum atomic E-state index is 12.0. The van der Waals surface area contributed by atoms with Gasteiger partial charge in [0.05, 0.1) is 12.8 Å². The van der Waals surface area contributed by atoms with Crippen LogP contribution in [0.3, 0.4) is 0 Å². The number of para-hydroxylation sites is 2. The van der Waals surface area contributed by atoms with E-state index in [2.05, 4.69) is 16.0 Å². The normalized spacial score (nSPS) is 10.3. The average molecular weight is 302 g/mol. The highest BCUT2D eigenvalue weighted by Gasteiger charge is 2.11. The van der Waals surface area contributed by atoms with Crippen molar-refractivity contribution in [3.63, 3.8) is 0 Å². The van der Waals surface area contributed by atoms with Gasteiger partial charge in [0.1, 0.15) is 17.4 Å². The van der Waals surface area contributed by atoms with E-state index in [1.165, 1.54) is 13.3 Å². The van der Waals surface area contributed by atoms with Crippen LogP contribution in [0.25, 0.3) is 0 Å². The van der Waals surface area contributed by atoms with Gasteiger partial charge in [0.25, 0.3) is 5.91 Å². The van der Waals surface area contributed by atoms with Crippen LogP contribution >= 0.6 is 0 Å². The number of rotatable bonds is 9. The first-order valence-corrected chi connectivity index (χ1v) is 6.68. The molecule has 0 aliphatic heterocycles. The molecule has 1 rings (SSSR count). The van der Waals surface area contributed by atoms with Crippen molar-refractivity contribution >= 4 is 18.0 Å². The van der Waals surface area contributed by atoms with Crippen molar-refractivity contribution in [2.75, 3.05) is 25.5 Å². The molecular formula is C15H18N4O3. The summed E-state index contributed by atoms with van der Waals surface area (Å²) in [7, 11) is 1.50. The minimum absolute atomic E-state index is 0.0470. The maximum Gasteiger partial charge on any atom is 0.267 e. The third kappa shape index (κ3) is 5.54. The first-order chi connectivity index (χ1) is 10.7. The summed E-state index contributed by atoms with van der Waals surface area (Å²) in [5.74, 6) is -0.00782. The minimum atomic E-state index is -0.523. The highest BCUT2D eigenvalue weighted by atomic mass is 16.5. The monoisotopic (exact) mass is 302 g/mol. The molecule has 0 aliphatic rings. The molecule has 0 saturated heterocycles. The number of nitriles is 1. The summed E-state index contributed by atoms with van der Waals surface area (Å²) < 4.78 is 5.13. The molecule has 0 fully saturated rings. The average Bonchev–Trinajstić information content (AvgIpc) is 2.54. The van der Waals surface area contributed by atoms with Crippen molar-refractivity contribution in [2.45, 2.75) is 6.42 Å². The Balaban J connectivity index is 2.57. The number of anilines is 1. The molecule has 22 heavy (non-hydrogen) atoms. The Morgan fingerprint density at radius 3 is 2.73 bits per heavy atom. The summed E-state index contributed by atoms with van der Waals surface area (Å²) in [6.45, 7) is 1.06. The van der Waals surface area contributed by atoms with Gasteiger partial charge in [-0.25, -0.2) is 0 Å². The van der Waals surface area contributed by atoms with Crippen LogP contribution in [-0.2, 0) is 9.59 Å². The highest BCUT2D eigenvalue weighted by Crippen LogP contribution is 2.23. The van der Waals surface area contributed by atoms with Crippen LogP contribution < -0.4 is 20.7 Å². The fourth-order valence-electron chi connectivity index (χ4n) is 1.61. The fourth-order valence-corrected chi connectivity index (χ4v) is 1.61. The summed E-state index contributed by atoms with van der Waals surface area (Å²) in [5, 5.41) is 17.0. The molecular weight excluding hydrogens is 284 g/mol. The lowest BCUT2D eigenvalue weighted by molar-refractivity contribution is -0.112. The van der Waals surface area contributed by atoms with E-state index in [9.17, 15) is 9.59 Å². The van der Waals surface area contributed by atoms with Gasteiger partial charge >= 0.3 is 0 Å². The van der Waals surface area contributed by atoms with Crippen molar-refractivity contribution in [2.24, 2.45) is 0 Å². The fraction of sp³-hybridized carbons (Fsp3) is 0.267. The zero-order chi connectivity index (χ0) is 16.2. The lowest BCUT2D eigenvalue weighted by Gasteiger charge is -2.09. The minimum Gasteiger partial charge on any atom is -0.495 e. The second-order valence-electron chi connectivity index (χ2n) is 4.20. The summed E-state index contributed by atoms with van der Waals surface area (Å²) in [6.07, 6.45) is 2.66. The van der Waals surface area contributed by atoms with Crippen molar-refractivity contribution < 1.29 is 14.3 Å². The molecule has 0 aliphatic carbocycles. The molecule has 0 saturated carbocycles. The number of ether oxygens (including phenoxy) is 1. The Hall–Kier alpha value is -3.01. The first-order valence-electron chi connectivity index (χ1n) is 6.68. The summed E-state index contributed by atoms with van der Waals surface area (Å²) in [4.78, 5) is 22.1. The molecule has 7 nitrogen and oxygen atoms in total. The number of nitrogens with zero attached hydrogens (tertiary/aromatic N) is 1. The van der Waals surface area contributed by atoms with Gasteiger partial charge in [0.15, 0.2) is 0 Å². The lowest BCUT2D eigenvalue weighted by atomic mass is 10.2. The zero-order valence-electron chi connectivity index (χ0n) is 12.3. The third-order valence-electron chi connectivity index (χ3n) is 2.69. The third-order valence-corrected chi connectivity index (χ3v) is 2.69. The Labute approximate surface area is 129 Å². The number of amides is 2. The van der Waals surface area contributed by atoms with Crippen molar-refractivity contribution in [1.29, 1.82) is 5.26 Å². The number of hydrogen-bond acceptors (Lipinski definition) is 5. The molecule has 3 N–H and O–H groups in total. The van der Waals surface area contributed by atoms with E-state index in [1.54, 1.807) is 24.3 Å². The number of carbonyl (C=O) groups excluding carboxylic acids is 2. The lowest BCUT2D eigenvalue weighted by Crippen LogP contribution is -2.20. The Bertz CT molecular complexity index is 578. The van der Waals surface area contributed by atoms with Gasteiger partial charge < -0.3 is 20.7 Å². The van der Waals surface area contributed by atoms with Crippen LogP contribution in [0, 0.1) is 11.3 Å². The van der Waals surface area contributed by atoms with Crippen LogP contribution in [-0.4, -0.2) is 32.5 Å². The van der Waals surface area contributed by atoms with E-state index in [1.807, 2.05) is 6.07 Å². The summed E-state index contributed by atoms with van der Waals surface area (Å²) >= 11 is 0. The van der Waals surface area contributed by atoms with E-state index in [0.29, 0.717) is 37.4 Å². The molecule has 0 spiro atoms. The Kier molecular flexibility index (Phi) is 7.61. The van der Waals surface area contributed by atoms with Crippen molar-refractivity contribution in [3.05, 3.63) is 36.0 Å². The SMILES string of the molecule is COc1ccccc1NC(=O)/C(C#N)=C\NCCCNC=O. The second kappa shape index (κ2) is 9.83. The van der Waals surface area contributed by atoms with E-state index < -0.39 is 5.91 Å². The van der Waals surface area contributed by atoms with E-state index in [-0.39, 0.29) is 5.57 Å². The molecule has 1 aromatic rings. The topological polar surface area (TPSA) is 103 Å². The smallest absolute Gasteiger partial charge is 0.267 e. The van der Waals surface area contributed by atoms with Gasteiger partial charge in [0.2, 0.25) is 6.41 Å². The van der Waals surface area contributed by atoms with Crippen LogP contribution in [0.2, 0.25) is 0 Å². The van der Waals surface area contributed by atoms with Crippen molar-refractivity contribution in [3.8, 4) is 11.8 Å². The largest absolute Gasteiger partial charge is 0.495 e. The van der Waals surface area contributed by atoms with Gasteiger partial charge in [-0.2, -0.15) is 5.26 Å². The molecule has 0 radical (unpaired) electrons. The molecule has 0 unspecified atom stereocenters. The van der Waals surface area contributed by atoms with Crippen LogP contribution in [0.1, 0.15) is 6.42 Å². The number of carbonyl (C=O) groups is 2. The van der Waals surface area contributed by atoms with Crippen molar-refractivity contribution in [1.82, 2.24) is 10.6 Å². The molecule has 7 heteroatoms. The second-order valence-corrected chi connectivity index (χ2v) is 4.20. The molecule has 0 atom stereocenters. The van der Waals surface area contributed by atoms with Crippen LogP contribution in [0.4, 0.5) is 5.69 Å². The van der Waals surface area contributed by atoms with Gasteiger partial charge in [-0.3, -0.25) is 9.59 Å². The molecule has 0 heterocycles. The molecule has 2 amide bonds. The van der Waals surface area contributed by atoms with E-state index in [4.69, 9.17) is 10.00 Å². The summed E-state index contributed by atoms with van der Waals surface area (Å²) in [5.41, 5.74) is 0.445. The van der Waals surface area contributed by atoms with Gasteiger partial charge in [-0.15, -0.1) is 0 Å². The number of hydrogen-bond donors (Lipinski definition) is 3. The van der Waals surface area contributed by atoms with E-state index in [0.717, 1.165) is 0 Å². The number of methoxy groups -OCH3 is 1. The Morgan fingerprint density at radius 2 is 2.05 bits per heavy atom. The van der Waals surface area contributed by atoms with Gasteiger partial charge in [0, 0.05) is 19.3 Å². The predicted octanol–water partition coefficient (Wildman–Crippen LogP) is 0.767.